The molecule has 3 nitrogen and oxygen atoms in total. The minimum Gasteiger partial charge on any atom is -0.384 e. The number of nitrogens with zero attached hydrogens (tertiary/aromatic N) is 2. The fourth-order valence-electron chi connectivity index (χ4n) is 3.56. The van der Waals surface area contributed by atoms with E-state index >= 15 is 0 Å². The van der Waals surface area contributed by atoms with Gasteiger partial charge in [-0.3, -0.25) is 0 Å². The van der Waals surface area contributed by atoms with Crippen LogP contribution < -0.4 is 5.73 Å². The molecule has 2 N–H and O–H groups in total. The van der Waals surface area contributed by atoms with Crippen LogP contribution in [0.3, 0.4) is 0 Å². The van der Waals surface area contributed by atoms with Gasteiger partial charge in [0.15, 0.2) is 5.82 Å². The van der Waals surface area contributed by atoms with Crippen LogP contribution >= 0.6 is 0 Å². The summed E-state index contributed by atoms with van der Waals surface area (Å²) >= 11 is 0. The first-order chi connectivity index (χ1) is 10.0. The summed E-state index contributed by atoms with van der Waals surface area (Å²) in [5.41, 5.74) is 12.0. The van der Waals surface area contributed by atoms with E-state index in [2.05, 4.69) is 37.9 Å². The van der Waals surface area contributed by atoms with Gasteiger partial charge in [0, 0.05) is 23.2 Å². The van der Waals surface area contributed by atoms with Crippen molar-refractivity contribution >= 4 is 5.82 Å². The maximum Gasteiger partial charge on any atom is 0.162 e. The van der Waals surface area contributed by atoms with Gasteiger partial charge in [-0.15, -0.1) is 0 Å². The zero-order chi connectivity index (χ0) is 15.0. The second-order valence-corrected chi connectivity index (χ2v) is 6.30. The molecule has 0 radical (unpaired) electrons. The Bertz CT molecular complexity index is 647. The van der Waals surface area contributed by atoms with Crippen LogP contribution in [0.15, 0.2) is 18.2 Å². The fourth-order valence-corrected chi connectivity index (χ4v) is 3.56. The van der Waals surface area contributed by atoms with Crippen molar-refractivity contribution in [2.24, 2.45) is 0 Å². The van der Waals surface area contributed by atoms with Crippen LogP contribution in [0.5, 0.6) is 0 Å². The number of aromatic nitrogens is 2. The van der Waals surface area contributed by atoms with Gasteiger partial charge in [-0.25, -0.2) is 9.97 Å². The van der Waals surface area contributed by atoms with E-state index in [9.17, 15) is 0 Å². The summed E-state index contributed by atoms with van der Waals surface area (Å²) in [4.78, 5) is 9.34. The number of nitrogens with two attached hydrogens (primary N) is 1. The Balaban J connectivity index is 2.10. The average molecular weight is 281 g/mol. The molecule has 3 heteroatoms. The number of anilines is 1. The van der Waals surface area contributed by atoms with Crippen molar-refractivity contribution in [1.82, 2.24) is 9.97 Å². The van der Waals surface area contributed by atoms with Crippen LogP contribution in [0.4, 0.5) is 5.82 Å². The molecule has 1 saturated carbocycles. The molecule has 1 aliphatic carbocycles. The molecular weight excluding hydrogens is 258 g/mol. The number of hydrogen-bond acceptors (Lipinski definition) is 3. The van der Waals surface area contributed by atoms with Crippen molar-refractivity contribution in [3.05, 3.63) is 40.6 Å². The molecule has 1 fully saturated rings. The number of benzene rings is 1. The van der Waals surface area contributed by atoms with Crippen LogP contribution in [-0.4, -0.2) is 9.97 Å². The molecule has 2 aromatic rings. The second-order valence-electron chi connectivity index (χ2n) is 6.30. The Labute approximate surface area is 126 Å². The van der Waals surface area contributed by atoms with Gasteiger partial charge in [-0.2, -0.15) is 0 Å². The van der Waals surface area contributed by atoms with Crippen molar-refractivity contribution in [3.63, 3.8) is 0 Å². The Morgan fingerprint density at radius 2 is 1.57 bits per heavy atom. The molecule has 1 aromatic heterocycles. The van der Waals surface area contributed by atoms with E-state index in [1.165, 1.54) is 42.4 Å². The number of nitrogen functional groups attached to an aromatic ring is 1. The summed E-state index contributed by atoms with van der Waals surface area (Å²) in [5.74, 6) is 1.92. The van der Waals surface area contributed by atoms with Gasteiger partial charge in [0.1, 0.15) is 5.82 Å². The van der Waals surface area contributed by atoms with Gasteiger partial charge < -0.3 is 5.73 Å². The molecule has 0 amide bonds. The lowest BCUT2D eigenvalue weighted by Gasteiger charge is -2.14. The van der Waals surface area contributed by atoms with Crippen LogP contribution in [-0.2, 0) is 0 Å². The van der Waals surface area contributed by atoms with Gasteiger partial charge in [-0.1, -0.05) is 30.5 Å². The molecule has 1 heterocycles. The van der Waals surface area contributed by atoms with Crippen LogP contribution in [0.1, 0.15) is 54.0 Å². The lowest BCUT2D eigenvalue weighted by Crippen LogP contribution is -2.05. The van der Waals surface area contributed by atoms with E-state index < -0.39 is 0 Å². The average Bonchev–Trinajstić information content (AvgIpc) is 2.90. The van der Waals surface area contributed by atoms with Gasteiger partial charge in [0.25, 0.3) is 0 Å². The topological polar surface area (TPSA) is 51.8 Å². The molecule has 0 bridgehead atoms. The summed E-state index contributed by atoms with van der Waals surface area (Å²) in [5, 5.41) is 0. The van der Waals surface area contributed by atoms with Crippen LogP contribution in [0, 0.1) is 20.8 Å². The van der Waals surface area contributed by atoms with Crippen LogP contribution in [0.25, 0.3) is 11.4 Å². The molecule has 0 atom stereocenters. The summed E-state index contributed by atoms with van der Waals surface area (Å²) in [6.07, 6.45) is 5.04. The standard InChI is InChI=1S/C18H23N3/c1-11-8-12(2)17(13(3)9-11)18-20-15(10-16(19)21-18)14-6-4-5-7-14/h8-10,14H,4-7H2,1-3H3,(H2,19,20,21). The molecule has 3 rings (SSSR count). The highest BCUT2D eigenvalue weighted by molar-refractivity contribution is 5.66. The van der Waals surface area contributed by atoms with E-state index in [0.717, 1.165) is 17.1 Å². The minimum absolute atomic E-state index is 0.556. The van der Waals surface area contributed by atoms with Crippen molar-refractivity contribution in [2.45, 2.75) is 52.4 Å². The predicted octanol–water partition coefficient (Wildman–Crippen LogP) is 4.31. The van der Waals surface area contributed by atoms with Crippen LogP contribution in [0.2, 0.25) is 0 Å². The van der Waals surface area contributed by atoms with Crippen molar-refractivity contribution in [1.29, 1.82) is 0 Å². The first-order valence-corrected chi connectivity index (χ1v) is 7.77. The van der Waals surface area contributed by atoms with E-state index in [-0.39, 0.29) is 0 Å². The van der Waals surface area contributed by atoms with Gasteiger partial charge >= 0.3 is 0 Å². The third-order valence-corrected chi connectivity index (χ3v) is 4.44. The third-order valence-electron chi connectivity index (χ3n) is 4.44. The second kappa shape index (κ2) is 5.47. The van der Waals surface area contributed by atoms with E-state index in [1.54, 1.807) is 0 Å². The van der Waals surface area contributed by atoms with Crippen molar-refractivity contribution in [3.8, 4) is 11.4 Å². The highest BCUT2D eigenvalue weighted by Gasteiger charge is 2.20. The first kappa shape index (κ1) is 14.1. The normalized spacial score (nSPS) is 15.6. The van der Waals surface area contributed by atoms with Gasteiger partial charge in [-0.05, 0) is 44.7 Å². The van der Waals surface area contributed by atoms with Gasteiger partial charge in [0.05, 0.1) is 0 Å². The van der Waals surface area contributed by atoms with E-state index in [4.69, 9.17) is 10.7 Å². The SMILES string of the molecule is Cc1cc(C)c(-c2nc(N)cc(C3CCCC3)n2)c(C)c1. The summed E-state index contributed by atoms with van der Waals surface area (Å²) < 4.78 is 0. The third kappa shape index (κ3) is 2.78. The molecule has 1 aromatic carbocycles. The molecule has 0 spiro atoms. The summed E-state index contributed by atoms with van der Waals surface area (Å²) in [6, 6.07) is 6.33. The maximum absolute atomic E-state index is 6.04. The lowest BCUT2D eigenvalue weighted by atomic mass is 9.98. The maximum atomic E-state index is 6.04. The minimum atomic E-state index is 0.556. The number of rotatable bonds is 2. The molecule has 0 saturated heterocycles. The van der Waals surface area contributed by atoms with Crippen molar-refractivity contribution < 1.29 is 0 Å². The van der Waals surface area contributed by atoms with E-state index in [0.29, 0.717) is 11.7 Å². The lowest BCUT2D eigenvalue weighted by molar-refractivity contribution is 0.696. The molecule has 0 aliphatic heterocycles. The molecular formula is C18H23N3. The smallest absolute Gasteiger partial charge is 0.162 e. The van der Waals surface area contributed by atoms with Crippen molar-refractivity contribution in [2.75, 3.05) is 5.73 Å². The summed E-state index contributed by atoms with van der Waals surface area (Å²) in [7, 11) is 0. The van der Waals surface area contributed by atoms with E-state index in [1.807, 2.05) is 6.07 Å². The first-order valence-electron chi connectivity index (χ1n) is 7.77. The van der Waals surface area contributed by atoms with Gasteiger partial charge in [0.2, 0.25) is 0 Å². The largest absolute Gasteiger partial charge is 0.384 e. The zero-order valence-electron chi connectivity index (χ0n) is 13.1. The Hall–Kier alpha value is -1.90. The molecule has 0 unspecified atom stereocenters. The number of hydrogen-bond donors (Lipinski definition) is 1. The predicted molar refractivity (Wildman–Crippen MR) is 87.3 cm³/mol. The summed E-state index contributed by atoms with van der Waals surface area (Å²) in [6.45, 7) is 6.36. The Kier molecular flexibility index (Phi) is 3.66. The zero-order valence-corrected chi connectivity index (χ0v) is 13.1. The Morgan fingerprint density at radius 3 is 2.19 bits per heavy atom. The quantitative estimate of drug-likeness (QED) is 0.892. The molecule has 21 heavy (non-hydrogen) atoms. The highest BCUT2D eigenvalue weighted by Crippen LogP contribution is 2.35. The number of aryl methyl sites for hydroxylation is 3. The highest BCUT2D eigenvalue weighted by atomic mass is 14.9. The Morgan fingerprint density at radius 1 is 0.952 bits per heavy atom. The molecule has 1 aliphatic rings. The molecule has 110 valence electrons. The fraction of sp³-hybridized carbons (Fsp3) is 0.444. The monoisotopic (exact) mass is 281 g/mol.